The van der Waals surface area contributed by atoms with Crippen molar-refractivity contribution >= 4 is 15.9 Å². The van der Waals surface area contributed by atoms with E-state index >= 15 is 0 Å². The number of carbonyl (C=O) groups is 1. The largest absolute Gasteiger partial charge is 0.336 e. The van der Waals surface area contributed by atoms with Gasteiger partial charge in [0, 0.05) is 26.2 Å². The molecule has 114 valence electrons. The molecule has 0 spiro atoms. The molecule has 21 heavy (non-hydrogen) atoms. The highest BCUT2D eigenvalue weighted by atomic mass is 32.2. The molecule has 1 amide bonds. The zero-order valence-electron chi connectivity index (χ0n) is 11.5. The predicted molar refractivity (Wildman–Crippen MR) is 75.8 cm³/mol. The van der Waals surface area contributed by atoms with Crippen molar-refractivity contribution in [2.24, 2.45) is 0 Å². The number of piperazine rings is 1. The molecule has 5 nitrogen and oxygen atoms in total. The second-order valence-corrected chi connectivity index (χ2v) is 7.63. The van der Waals surface area contributed by atoms with Crippen molar-refractivity contribution in [3.8, 4) is 0 Å². The number of amides is 1. The number of rotatable bonds is 3. The Morgan fingerprint density at radius 3 is 2.29 bits per heavy atom. The van der Waals surface area contributed by atoms with Crippen LogP contribution in [0.25, 0.3) is 0 Å². The minimum absolute atomic E-state index is 0.0380. The maximum Gasteiger partial charge on any atom is 0.256 e. The first-order valence-corrected chi connectivity index (χ1v) is 8.53. The van der Waals surface area contributed by atoms with Crippen LogP contribution in [0.15, 0.2) is 24.3 Å². The van der Waals surface area contributed by atoms with Crippen LogP contribution in [-0.2, 0) is 10.0 Å². The van der Waals surface area contributed by atoms with Crippen LogP contribution < -0.4 is 0 Å². The summed E-state index contributed by atoms with van der Waals surface area (Å²) in [5.41, 5.74) is 0.0380. The second kappa shape index (κ2) is 5.38. The van der Waals surface area contributed by atoms with Crippen LogP contribution in [0.2, 0.25) is 0 Å². The van der Waals surface area contributed by atoms with Crippen molar-refractivity contribution in [1.82, 2.24) is 9.21 Å². The van der Waals surface area contributed by atoms with E-state index in [-0.39, 0.29) is 16.7 Å². The minimum Gasteiger partial charge on any atom is -0.336 e. The molecule has 0 unspecified atom stereocenters. The van der Waals surface area contributed by atoms with Crippen molar-refractivity contribution in [2.45, 2.75) is 18.1 Å². The lowest BCUT2D eigenvalue weighted by Gasteiger charge is -2.34. The van der Waals surface area contributed by atoms with Gasteiger partial charge in [0.05, 0.1) is 10.8 Å². The van der Waals surface area contributed by atoms with E-state index in [1.54, 1.807) is 6.07 Å². The summed E-state index contributed by atoms with van der Waals surface area (Å²) in [6.45, 7) is 1.19. The molecule has 1 aromatic rings. The van der Waals surface area contributed by atoms with Crippen LogP contribution in [0, 0.1) is 5.82 Å². The first-order valence-electron chi connectivity index (χ1n) is 7.03. The van der Waals surface area contributed by atoms with E-state index in [1.807, 2.05) is 0 Å². The fourth-order valence-electron chi connectivity index (χ4n) is 2.53. The van der Waals surface area contributed by atoms with Crippen LogP contribution in [0.3, 0.4) is 0 Å². The monoisotopic (exact) mass is 312 g/mol. The fourth-order valence-corrected chi connectivity index (χ4v) is 4.35. The van der Waals surface area contributed by atoms with E-state index in [2.05, 4.69) is 0 Å². The number of carbonyl (C=O) groups excluding carboxylic acids is 1. The second-order valence-electron chi connectivity index (χ2n) is 5.42. The zero-order valence-corrected chi connectivity index (χ0v) is 12.4. The van der Waals surface area contributed by atoms with Gasteiger partial charge in [0.1, 0.15) is 5.82 Å². The van der Waals surface area contributed by atoms with Gasteiger partial charge in [-0.1, -0.05) is 12.1 Å². The molecule has 2 aliphatic rings. The molecular formula is C14H17FN2O3S. The summed E-state index contributed by atoms with van der Waals surface area (Å²) >= 11 is 0. The molecule has 1 saturated heterocycles. The topological polar surface area (TPSA) is 57.7 Å². The van der Waals surface area contributed by atoms with E-state index in [0.717, 1.165) is 12.8 Å². The summed E-state index contributed by atoms with van der Waals surface area (Å²) in [5, 5.41) is -0.230. The number of sulfonamides is 1. The number of benzene rings is 1. The lowest BCUT2D eigenvalue weighted by Crippen LogP contribution is -2.51. The highest BCUT2D eigenvalue weighted by Crippen LogP contribution is 2.31. The SMILES string of the molecule is O=C(c1ccccc1F)N1CCN(S(=O)(=O)C2CC2)CC1. The van der Waals surface area contributed by atoms with E-state index in [9.17, 15) is 17.6 Å². The van der Waals surface area contributed by atoms with Gasteiger partial charge in [-0.3, -0.25) is 4.79 Å². The van der Waals surface area contributed by atoms with E-state index in [4.69, 9.17) is 0 Å². The van der Waals surface area contributed by atoms with E-state index in [1.165, 1.54) is 27.4 Å². The van der Waals surface area contributed by atoms with Gasteiger partial charge >= 0.3 is 0 Å². The molecule has 7 heteroatoms. The van der Waals surface area contributed by atoms with Gasteiger partial charge in [0.2, 0.25) is 10.0 Å². The third-order valence-electron chi connectivity index (χ3n) is 3.94. The summed E-state index contributed by atoms with van der Waals surface area (Å²) in [4.78, 5) is 13.8. The summed E-state index contributed by atoms with van der Waals surface area (Å²) in [6, 6.07) is 5.85. The first-order chi connectivity index (χ1) is 10.00. The Kier molecular flexibility index (Phi) is 3.71. The predicted octanol–water partition coefficient (Wildman–Crippen LogP) is 1.08. The molecule has 3 rings (SSSR count). The lowest BCUT2D eigenvalue weighted by atomic mass is 10.1. The maximum absolute atomic E-state index is 13.6. The number of nitrogens with zero attached hydrogens (tertiary/aromatic N) is 2. The van der Waals surface area contributed by atoms with Gasteiger partial charge in [-0.2, -0.15) is 4.31 Å². The van der Waals surface area contributed by atoms with E-state index < -0.39 is 15.8 Å². The molecule has 1 heterocycles. The molecule has 1 aliphatic carbocycles. The van der Waals surface area contributed by atoms with Crippen molar-refractivity contribution in [1.29, 1.82) is 0 Å². The van der Waals surface area contributed by atoms with Gasteiger partial charge < -0.3 is 4.90 Å². The van der Waals surface area contributed by atoms with Crippen molar-refractivity contribution < 1.29 is 17.6 Å². The summed E-state index contributed by atoms with van der Waals surface area (Å²) < 4.78 is 39.3. The average molecular weight is 312 g/mol. The Hall–Kier alpha value is -1.47. The summed E-state index contributed by atoms with van der Waals surface area (Å²) in [6.07, 6.45) is 1.47. The third kappa shape index (κ3) is 2.80. The molecular weight excluding hydrogens is 295 g/mol. The van der Waals surface area contributed by atoms with Gasteiger partial charge in [-0.15, -0.1) is 0 Å². The van der Waals surface area contributed by atoms with E-state index in [0.29, 0.717) is 26.2 Å². The molecule has 0 N–H and O–H groups in total. The van der Waals surface area contributed by atoms with Crippen molar-refractivity contribution in [3.63, 3.8) is 0 Å². The highest BCUT2D eigenvalue weighted by molar-refractivity contribution is 7.90. The molecule has 1 saturated carbocycles. The first kappa shape index (κ1) is 14.5. The number of hydrogen-bond donors (Lipinski definition) is 0. The molecule has 2 fully saturated rings. The van der Waals surface area contributed by atoms with Crippen LogP contribution in [0.4, 0.5) is 4.39 Å². The molecule has 0 atom stereocenters. The Morgan fingerprint density at radius 2 is 1.71 bits per heavy atom. The fraction of sp³-hybridized carbons (Fsp3) is 0.500. The van der Waals surface area contributed by atoms with Crippen LogP contribution in [0.5, 0.6) is 0 Å². The number of halogens is 1. The van der Waals surface area contributed by atoms with Crippen LogP contribution in [-0.4, -0.2) is 55.0 Å². The Balaban J connectivity index is 1.66. The summed E-state index contributed by atoms with van der Waals surface area (Å²) in [5.74, 6) is -0.924. The minimum atomic E-state index is -3.19. The average Bonchev–Trinajstić information content (AvgIpc) is 3.32. The quantitative estimate of drug-likeness (QED) is 0.839. The van der Waals surface area contributed by atoms with Gasteiger partial charge in [0.15, 0.2) is 0 Å². The van der Waals surface area contributed by atoms with Gasteiger partial charge in [-0.25, -0.2) is 12.8 Å². The Labute approximate surface area is 123 Å². The normalized spacial score (nSPS) is 20.5. The molecule has 1 aliphatic heterocycles. The third-order valence-corrected chi connectivity index (χ3v) is 6.33. The summed E-state index contributed by atoms with van der Waals surface area (Å²) in [7, 11) is -3.19. The van der Waals surface area contributed by atoms with Gasteiger partial charge in [0.25, 0.3) is 5.91 Å². The zero-order chi connectivity index (χ0) is 15.0. The van der Waals surface area contributed by atoms with Crippen LogP contribution in [0.1, 0.15) is 23.2 Å². The molecule has 0 aromatic heterocycles. The van der Waals surface area contributed by atoms with Crippen LogP contribution >= 0.6 is 0 Å². The molecule has 0 radical (unpaired) electrons. The Morgan fingerprint density at radius 1 is 1.10 bits per heavy atom. The smallest absolute Gasteiger partial charge is 0.256 e. The van der Waals surface area contributed by atoms with Crippen molar-refractivity contribution in [3.05, 3.63) is 35.6 Å². The van der Waals surface area contributed by atoms with Crippen molar-refractivity contribution in [2.75, 3.05) is 26.2 Å². The Bertz CT molecular complexity index is 650. The lowest BCUT2D eigenvalue weighted by molar-refractivity contribution is 0.0693. The highest BCUT2D eigenvalue weighted by Gasteiger charge is 2.41. The standard InChI is InChI=1S/C14H17FN2O3S/c15-13-4-2-1-3-12(13)14(18)16-7-9-17(10-8-16)21(19,20)11-5-6-11/h1-4,11H,5-10H2. The molecule has 0 bridgehead atoms. The number of hydrogen-bond acceptors (Lipinski definition) is 3. The molecule has 1 aromatic carbocycles. The van der Waals surface area contributed by atoms with Gasteiger partial charge in [-0.05, 0) is 25.0 Å². The maximum atomic E-state index is 13.6.